The standard InChI is InChI=1S/C21H21Cl2N2.2C2H6N.Ti/c22-15-10-11-17(18(23)13-15)19-12-9-14-5-4-8-20(21(14)25-19)24-16-6-2-1-3-7-16;2*1-3-2;/h1-3,6-7,10,13-14,19-21H,4-5,8-9,12H2;2*1-2H3;/q-3;2*-1;. The summed E-state index contributed by atoms with van der Waals surface area (Å²) in [5, 5.41) is 18.5. The predicted octanol–water partition coefficient (Wildman–Crippen LogP) is 8.48. The quantitative estimate of drug-likeness (QED) is 0.295. The molecule has 4 atom stereocenters. The molecular weight excluding hydrogens is 475 g/mol. The van der Waals surface area contributed by atoms with Crippen LogP contribution in [0.2, 0.25) is 10.0 Å². The molecule has 2 fully saturated rings. The Labute approximate surface area is 219 Å². The van der Waals surface area contributed by atoms with Gasteiger partial charge in [-0.1, -0.05) is 78.4 Å². The number of benzene rings is 2. The molecule has 0 N–H and O–H groups in total. The van der Waals surface area contributed by atoms with Crippen LogP contribution in [0.4, 0.5) is 5.69 Å². The predicted molar refractivity (Wildman–Crippen MR) is 135 cm³/mol. The van der Waals surface area contributed by atoms with Gasteiger partial charge in [-0.2, -0.15) is 69.1 Å². The molecule has 32 heavy (non-hydrogen) atoms. The Bertz CT molecular complexity index is 761. The van der Waals surface area contributed by atoms with E-state index < -0.39 is 0 Å². The summed E-state index contributed by atoms with van der Waals surface area (Å²) in [6, 6.07) is 17.8. The van der Waals surface area contributed by atoms with Gasteiger partial charge in [0.2, 0.25) is 0 Å². The van der Waals surface area contributed by atoms with E-state index in [1.54, 1.807) is 40.3 Å². The first kappa shape index (κ1) is 29.4. The number of fused-ring (bicyclic) bond motifs is 1. The third-order valence-electron chi connectivity index (χ3n) is 5.41. The Balaban J connectivity index is 0.000000662. The summed E-state index contributed by atoms with van der Waals surface area (Å²) in [4.78, 5) is 0. The van der Waals surface area contributed by atoms with Gasteiger partial charge in [-0.15, -0.1) is 29.9 Å². The molecule has 2 aromatic rings. The third-order valence-corrected chi connectivity index (χ3v) is 5.94. The number of para-hydroxylation sites is 1. The first-order valence-corrected chi connectivity index (χ1v) is 11.6. The normalized spacial score (nSPS) is 23.8. The van der Waals surface area contributed by atoms with Crippen molar-refractivity contribution in [2.45, 2.75) is 50.2 Å². The summed E-state index contributed by atoms with van der Waals surface area (Å²) < 4.78 is 0. The van der Waals surface area contributed by atoms with E-state index in [9.17, 15) is 0 Å². The molecular formula is C25H33Cl2N4Ti-5. The minimum absolute atomic E-state index is 0. The topological polar surface area (TPSA) is 56.4 Å². The number of hydrogen-bond donors (Lipinski definition) is 0. The fourth-order valence-electron chi connectivity index (χ4n) is 4.21. The number of hydrogen-bond acceptors (Lipinski definition) is 0. The van der Waals surface area contributed by atoms with Gasteiger partial charge in [-0.25, -0.2) is 0 Å². The van der Waals surface area contributed by atoms with Gasteiger partial charge in [-0.3, -0.25) is 0 Å². The van der Waals surface area contributed by atoms with Crippen molar-refractivity contribution in [1.29, 1.82) is 0 Å². The van der Waals surface area contributed by atoms with Crippen molar-refractivity contribution >= 4 is 28.9 Å². The molecule has 0 amide bonds. The van der Waals surface area contributed by atoms with Crippen molar-refractivity contribution in [3.05, 3.63) is 85.4 Å². The Kier molecular flexibility index (Phi) is 14.8. The fourth-order valence-corrected chi connectivity index (χ4v) is 4.73. The maximum absolute atomic E-state index is 6.41. The van der Waals surface area contributed by atoms with Crippen LogP contribution in [0, 0.1) is 12.0 Å². The molecule has 1 aliphatic heterocycles. The molecule has 176 valence electrons. The fraction of sp³-hybridized carbons (Fsp3) is 0.520. The van der Waals surface area contributed by atoms with Crippen LogP contribution in [0.15, 0.2) is 42.5 Å². The molecule has 0 bridgehead atoms. The molecule has 1 heterocycles. The summed E-state index contributed by atoms with van der Waals surface area (Å²) in [7, 11) is 7.00. The summed E-state index contributed by atoms with van der Waals surface area (Å²) in [5.41, 5.74) is 2.04. The van der Waals surface area contributed by atoms with Crippen LogP contribution in [0.1, 0.15) is 43.7 Å². The minimum atomic E-state index is 0. The van der Waals surface area contributed by atoms with Gasteiger partial charge in [0.1, 0.15) is 0 Å². The van der Waals surface area contributed by atoms with Gasteiger partial charge in [0.25, 0.3) is 0 Å². The average molecular weight is 508 g/mol. The third kappa shape index (κ3) is 8.98. The van der Waals surface area contributed by atoms with Gasteiger partial charge < -0.3 is 21.3 Å². The summed E-state index contributed by atoms with van der Waals surface area (Å²) >= 11 is 12.4. The molecule has 4 nitrogen and oxygen atoms in total. The maximum Gasteiger partial charge on any atom is 0 e. The molecule has 2 aliphatic rings. The maximum atomic E-state index is 6.41. The van der Waals surface area contributed by atoms with Gasteiger partial charge in [0.05, 0.1) is 0 Å². The van der Waals surface area contributed by atoms with Crippen molar-refractivity contribution < 1.29 is 21.7 Å². The summed E-state index contributed by atoms with van der Waals surface area (Å²) in [6.07, 6.45) is 5.85. The van der Waals surface area contributed by atoms with Gasteiger partial charge in [0.15, 0.2) is 0 Å². The van der Waals surface area contributed by atoms with Crippen molar-refractivity contribution in [2.24, 2.45) is 5.92 Å². The van der Waals surface area contributed by atoms with Crippen LogP contribution in [0.3, 0.4) is 0 Å². The SMILES string of the molecule is C[N-]C.C[N-]C.Clc1c[c-]c(C2CCC3CCCC([N-]c4ccccc4)C3[N-]2)c(Cl)c1.[Ti]. The van der Waals surface area contributed by atoms with Gasteiger partial charge >= 0.3 is 0 Å². The minimum Gasteiger partial charge on any atom is -0.683 e. The molecule has 1 saturated heterocycles. The van der Waals surface area contributed by atoms with Crippen LogP contribution in [-0.2, 0) is 21.7 Å². The van der Waals surface area contributed by atoms with Gasteiger partial charge in [0, 0.05) is 21.7 Å². The largest absolute Gasteiger partial charge is 0.683 e. The average Bonchev–Trinajstić information content (AvgIpc) is 2.76. The molecule has 0 aromatic heterocycles. The number of halogens is 2. The molecule has 0 spiro atoms. The van der Waals surface area contributed by atoms with E-state index in [1.807, 2.05) is 18.2 Å². The number of nitrogens with zero attached hydrogens (tertiary/aromatic N) is 4. The number of rotatable bonds is 3. The molecule has 1 saturated carbocycles. The number of piperidine rings is 1. The van der Waals surface area contributed by atoms with E-state index in [1.165, 1.54) is 19.3 Å². The van der Waals surface area contributed by atoms with Crippen LogP contribution in [0.25, 0.3) is 21.3 Å². The first-order chi connectivity index (χ1) is 15.0. The van der Waals surface area contributed by atoms with E-state index in [0.717, 1.165) is 24.1 Å². The van der Waals surface area contributed by atoms with Crippen molar-refractivity contribution in [3.63, 3.8) is 0 Å². The molecule has 2 aromatic carbocycles. The molecule has 4 unspecified atom stereocenters. The monoisotopic (exact) mass is 507 g/mol. The zero-order valence-corrected chi connectivity index (χ0v) is 22.5. The molecule has 4 rings (SSSR count). The molecule has 0 radical (unpaired) electrons. The van der Waals surface area contributed by atoms with Crippen LogP contribution in [0.5, 0.6) is 0 Å². The van der Waals surface area contributed by atoms with Crippen LogP contribution < -0.4 is 0 Å². The second-order valence-corrected chi connectivity index (χ2v) is 8.77. The zero-order chi connectivity index (χ0) is 22.6. The first-order valence-electron chi connectivity index (χ1n) is 10.8. The second kappa shape index (κ2) is 16.1. The molecule has 1 aliphatic carbocycles. The summed E-state index contributed by atoms with van der Waals surface area (Å²) in [6.45, 7) is 0. The smallest absolute Gasteiger partial charge is 0 e. The van der Waals surface area contributed by atoms with Crippen LogP contribution in [-0.4, -0.2) is 40.3 Å². The van der Waals surface area contributed by atoms with Crippen LogP contribution >= 0.6 is 23.2 Å². The zero-order valence-electron chi connectivity index (χ0n) is 19.4. The Morgan fingerprint density at radius 3 is 2.22 bits per heavy atom. The van der Waals surface area contributed by atoms with Gasteiger partial charge in [-0.05, 0) is 0 Å². The Morgan fingerprint density at radius 1 is 0.938 bits per heavy atom. The summed E-state index contributed by atoms with van der Waals surface area (Å²) in [5.74, 6) is 0.647. The van der Waals surface area contributed by atoms with Crippen molar-refractivity contribution in [2.75, 3.05) is 28.2 Å². The Hall–Kier alpha value is -0.586. The second-order valence-electron chi connectivity index (χ2n) is 7.93. The van der Waals surface area contributed by atoms with Crippen molar-refractivity contribution in [1.82, 2.24) is 0 Å². The van der Waals surface area contributed by atoms with E-state index in [2.05, 4.69) is 28.8 Å². The van der Waals surface area contributed by atoms with E-state index in [-0.39, 0.29) is 39.8 Å². The van der Waals surface area contributed by atoms with E-state index in [4.69, 9.17) is 33.8 Å². The van der Waals surface area contributed by atoms with E-state index in [0.29, 0.717) is 16.0 Å². The Morgan fingerprint density at radius 2 is 1.59 bits per heavy atom. The van der Waals surface area contributed by atoms with E-state index >= 15 is 0 Å². The van der Waals surface area contributed by atoms with Crippen molar-refractivity contribution in [3.8, 4) is 0 Å². The molecule has 7 heteroatoms.